The molecule has 64 valence electrons. The fourth-order valence-electron chi connectivity index (χ4n) is 1.06. The fraction of sp³-hybridized carbons (Fsp3) is 0.167. The minimum atomic E-state index is 0.116. The Morgan fingerprint density at radius 3 is 3.17 bits per heavy atom. The van der Waals surface area contributed by atoms with Crippen LogP contribution in [0.5, 0.6) is 0 Å². The molecule has 0 saturated carbocycles. The number of rotatable bonds is 0. The van der Waals surface area contributed by atoms with E-state index in [1.54, 1.807) is 12.3 Å². The Hall–Kier alpha value is -1.14. The highest BCUT2D eigenvalue weighted by atomic mass is 32.1. The van der Waals surface area contributed by atoms with Gasteiger partial charge in [0.05, 0.1) is 6.20 Å². The second-order valence-corrected chi connectivity index (χ2v) is 2.95. The molecule has 0 saturated heterocycles. The molecule has 2 aliphatic heterocycles. The van der Waals surface area contributed by atoms with E-state index in [4.69, 9.17) is 0 Å². The number of fused-ring (bicyclic) bond motifs is 1. The van der Waals surface area contributed by atoms with E-state index in [1.807, 2.05) is 6.92 Å². The molecule has 2 aliphatic rings. The molecule has 2 N–H and O–H groups in total. The van der Waals surface area contributed by atoms with Gasteiger partial charge in [0.1, 0.15) is 0 Å². The van der Waals surface area contributed by atoms with Crippen LogP contribution in [0.15, 0.2) is 29.0 Å². The van der Waals surface area contributed by atoms with Crippen molar-refractivity contribution >= 4 is 18.5 Å². The standard InChI is InChI=1S/C6H8N4OS/c1-4-2-6(11)10-5(7-4)3-9(12)8-10/h2-3,8,11-12H,1H3. The van der Waals surface area contributed by atoms with E-state index in [9.17, 15) is 5.11 Å². The molecule has 0 aromatic carbocycles. The molecule has 0 radical (unpaired) electrons. The van der Waals surface area contributed by atoms with Crippen LogP contribution in [0.4, 0.5) is 0 Å². The molecule has 0 aromatic heterocycles. The number of aliphatic hydroxyl groups is 1. The normalized spacial score (nSPS) is 21.7. The van der Waals surface area contributed by atoms with E-state index in [0.29, 0.717) is 5.82 Å². The van der Waals surface area contributed by atoms with Crippen LogP contribution < -0.4 is 5.53 Å². The summed E-state index contributed by atoms with van der Waals surface area (Å²) in [7, 11) is 0. The van der Waals surface area contributed by atoms with Crippen LogP contribution in [0, 0.1) is 0 Å². The van der Waals surface area contributed by atoms with Crippen LogP contribution >= 0.6 is 12.8 Å². The van der Waals surface area contributed by atoms with Gasteiger partial charge < -0.3 is 5.11 Å². The lowest BCUT2D eigenvalue weighted by molar-refractivity contribution is 0.154. The molecule has 5 nitrogen and oxygen atoms in total. The molecule has 2 rings (SSSR count). The Labute approximate surface area is 75.2 Å². The Bertz CT molecular complexity index is 309. The molecule has 12 heavy (non-hydrogen) atoms. The first kappa shape index (κ1) is 7.51. The topological polar surface area (TPSA) is 51.1 Å². The predicted molar refractivity (Wildman–Crippen MR) is 47.7 cm³/mol. The van der Waals surface area contributed by atoms with E-state index in [1.165, 1.54) is 9.42 Å². The molecular weight excluding hydrogens is 176 g/mol. The van der Waals surface area contributed by atoms with E-state index in [-0.39, 0.29) is 5.88 Å². The Kier molecular flexibility index (Phi) is 1.52. The molecular formula is C6H8N4OS. The van der Waals surface area contributed by atoms with Gasteiger partial charge in [-0.1, -0.05) is 0 Å². The van der Waals surface area contributed by atoms with Crippen molar-refractivity contribution in [2.24, 2.45) is 4.99 Å². The molecule has 0 bridgehead atoms. The SMILES string of the molecule is CC1=NC2=CN(S)NN2C(O)=C1. The third-order valence-corrected chi connectivity index (χ3v) is 1.73. The van der Waals surface area contributed by atoms with Crippen molar-refractivity contribution in [3.8, 4) is 0 Å². The number of hydrazine groups is 2. The van der Waals surface area contributed by atoms with Crippen molar-refractivity contribution in [3.63, 3.8) is 0 Å². The van der Waals surface area contributed by atoms with E-state index < -0.39 is 0 Å². The Morgan fingerprint density at radius 1 is 1.67 bits per heavy atom. The zero-order valence-electron chi connectivity index (χ0n) is 6.39. The fourth-order valence-corrected chi connectivity index (χ4v) is 1.25. The lowest BCUT2D eigenvalue weighted by Gasteiger charge is -2.21. The summed E-state index contributed by atoms with van der Waals surface area (Å²) in [5.41, 5.74) is 3.50. The highest BCUT2D eigenvalue weighted by molar-refractivity contribution is 7.77. The number of hydrogen-bond acceptors (Lipinski definition) is 6. The zero-order valence-corrected chi connectivity index (χ0v) is 7.29. The first-order valence-electron chi connectivity index (χ1n) is 3.39. The van der Waals surface area contributed by atoms with E-state index in [0.717, 1.165) is 5.71 Å². The van der Waals surface area contributed by atoms with Crippen molar-refractivity contribution in [3.05, 3.63) is 24.0 Å². The second-order valence-electron chi connectivity index (χ2n) is 2.52. The lowest BCUT2D eigenvalue weighted by atomic mass is 10.3. The van der Waals surface area contributed by atoms with Gasteiger partial charge in [0, 0.05) is 11.8 Å². The molecule has 0 spiro atoms. The van der Waals surface area contributed by atoms with Gasteiger partial charge in [0.25, 0.3) is 0 Å². The Morgan fingerprint density at radius 2 is 2.42 bits per heavy atom. The van der Waals surface area contributed by atoms with Crippen molar-refractivity contribution in [1.29, 1.82) is 0 Å². The summed E-state index contributed by atoms with van der Waals surface area (Å²) < 4.78 is 1.42. The highest BCUT2D eigenvalue weighted by Crippen LogP contribution is 2.21. The van der Waals surface area contributed by atoms with Gasteiger partial charge in [-0.25, -0.2) is 14.4 Å². The van der Waals surface area contributed by atoms with Crippen LogP contribution in [0.3, 0.4) is 0 Å². The number of aliphatic hydroxyl groups excluding tert-OH is 1. The average molecular weight is 184 g/mol. The van der Waals surface area contributed by atoms with Gasteiger partial charge in [-0.15, -0.1) is 5.53 Å². The molecule has 0 amide bonds. The zero-order chi connectivity index (χ0) is 8.72. The van der Waals surface area contributed by atoms with Crippen molar-refractivity contribution in [1.82, 2.24) is 15.0 Å². The van der Waals surface area contributed by atoms with Crippen molar-refractivity contribution in [2.45, 2.75) is 6.92 Å². The minimum Gasteiger partial charge on any atom is -0.493 e. The number of thiol groups is 1. The summed E-state index contributed by atoms with van der Waals surface area (Å²) in [6.45, 7) is 1.82. The quantitative estimate of drug-likeness (QED) is 0.481. The molecule has 0 aliphatic carbocycles. The van der Waals surface area contributed by atoms with Gasteiger partial charge in [-0.05, 0) is 19.7 Å². The smallest absolute Gasteiger partial charge is 0.211 e. The summed E-state index contributed by atoms with van der Waals surface area (Å²) in [4.78, 5) is 4.16. The third-order valence-electron chi connectivity index (χ3n) is 1.53. The van der Waals surface area contributed by atoms with Crippen molar-refractivity contribution < 1.29 is 5.11 Å². The van der Waals surface area contributed by atoms with Crippen LogP contribution in [-0.2, 0) is 0 Å². The lowest BCUT2D eigenvalue weighted by Crippen LogP contribution is -2.37. The minimum absolute atomic E-state index is 0.116. The predicted octanol–water partition coefficient (Wildman–Crippen LogP) is 0.541. The first-order valence-corrected chi connectivity index (χ1v) is 3.79. The maximum Gasteiger partial charge on any atom is 0.211 e. The highest BCUT2D eigenvalue weighted by Gasteiger charge is 2.24. The number of allylic oxidation sites excluding steroid dienone is 1. The first-order chi connectivity index (χ1) is 5.66. The summed E-state index contributed by atoms with van der Waals surface area (Å²) in [6.07, 6.45) is 3.23. The number of hydrogen-bond donors (Lipinski definition) is 3. The van der Waals surface area contributed by atoms with Gasteiger partial charge in [-0.2, -0.15) is 0 Å². The Balaban J connectivity index is 2.37. The van der Waals surface area contributed by atoms with E-state index >= 15 is 0 Å². The third kappa shape index (κ3) is 1.05. The van der Waals surface area contributed by atoms with Crippen molar-refractivity contribution in [2.75, 3.05) is 0 Å². The molecule has 0 fully saturated rings. The van der Waals surface area contributed by atoms with E-state index in [2.05, 4.69) is 23.3 Å². The largest absolute Gasteiger partial charge is 0.493 e. The van der Waals surface area contributed by atoms with Gasteiger partial charge in [-0.3, -0.25) is 0 Å². The van der Waals surface area contributed by atoms with Crippen LogP contribution in [0.2, 0.25) is 0 Å². The summed E-state index contributed by atoms with van der Waals surface area (Å²) in [6, 6.07) is 0. The number of nitrogens with one attached hydrogen (secondary N) is 1. The van der Waals surface area contributed by atoms with Gasteiger partial charge >= 0.3 is 0 Å². The monoisotopic (exact) mass is 184 g/mol. The van der Waals surface area contributed by atoms with Gasteiger partial charge in [0.15, 0.2) is 5.82 Å². The van der Waals surface area contributed by atoms with Crippen LogP contribution in [0.1, 0.15) is 6.92 Å². The maximum atomic E-state index is 9.41. The number of nitrogens with zero attached hydrogens (tertiary/aromatic N) is 3. The average Bonchev–Trinajstić information content (AvgIpc) is 2.29. The van der Waals surface area contributed by atoms with Gasteiger partial charge in [0.2, 0.25) is 5.88 Å². The summed E-state index contributed by atoms with van der Waals surface area (Å²) in [5.74, 6) is 0.743. The summed E-state index contributed by atoms with van der Waals surface area (Å²) in [5, 5.41) is 10.8. The molecule has 6 heteroatoms. The molecule has 2 heterocycles. The molecule has 0 atom stereocenters. The molecule has 0 unspecified atom stereocenters. The summed E-state index contributed by atoms with van der Waals surface area (Å²) >= 11 is 4.01. The number of aliphatic imine (C=N–C) groups is 1. The van der Waals surface area contributed by atoms with Crippen LogP contribution in [-0.4, -0.2) is 20.2 Å². The molecule has 0 aromatic rings. The van der Waals surface area contributed by atoms with Crippen LogP contribution in [0.25, 0.3) is 0 Å². The second kappa shape index (κ2) is 2.43. The maximum absolute atomic E-state index is 9.41.